The van der Waals surface area contributed by atoms with Gasteiger partial charge in [-0.25, -0.2) is 0 Å². The van der Waals surface area contributed by atoms with Crippen molar-refractivity contribution in [3.05, 3.63) is 23.2 Å². The van der Waals surface area contributed by atoms with E-state index >= 15 is 0 Å². The van der Waals surface area contributed by atoms with E-state index in [4.69, 9.17) is 17.3 Å². The highest BCUT2D eigenvalue weighted by molar-refractivity contribution is 7.99. The van der Waals surface area contributed by atoms with Crippen LogP contribution in [-0.4, -0.2) is 22.0 Å². The first-order valence-electron chi connectivity index (χ1n) is 4.07. The predicted octanol–water partition coefficient (Wildman–Crippen LogP) is 2.39. The van der Waals surface area contributed by atoms with Crippen molar-refractivity contribution in [3.63, 3.8) is 0 Å². The van der Waals surface area contributed by atoms with Crippen molar-refractivity contribution in [2.45, 2.75) is 4.90 Å². The highest BCUT2D eigenvalue weighted by Gasteiger charge is 2.07. The summed E-state index contributed by atoms with van der Waals surface area (Å²) >= 11 is 7.47. The Kier molecular flexibility index (Phi) is 4.78. The Morgan fingerprint density at radius 3 is 2.93 bits per heavy atom. The number of nitrogens with two attached hydrogens (primary N) is 1. The van der Waals surface area contributed by atoms with Crippen molar-refractivity contribution >= 4 is 39.8 Å². The Balaban J connectivity index is 2.83. The summed E-state index contributed by atoms with van der Waals surface area (Å²) in [5.74, 6) is 1.48. The molecule has 2 N–H and O–H groups in total. The Morgan fingerprint density at radius 2 is 2.29 bits per heavy atom. The van der Waals surface area contributed by atoms with Crippen LogP contribution in [0.4, 0.5) is 5.69 Å². The van der Waals surface area contributed by atoms with Crippen molar-refractivity contribution in [3.8, 4) is 0 Å². The van der Waals surface area contributed by atoms with Crippen LogP contribution < -0.4 is 5.73 Å². The van der Waals surface area contributed by atoms with Gasteiger partial charge in [0.2, 0.25) is 0 Å². The summed E-state index contributed by atoms with van der Waals surface area (Å²) in [6, 6.07) is 5.06. The van der Waals surface area contributed by atoms with E-state index in [1.54, 1.807) is 30.0 Å². The summed E-state index contributed by atoms with van der Waals surface area (Å²) in [5.41, 5.74) is 6.25. The van der Waals surface area contributed by atoms with E-state index in [-0.39, 0.29) is 0 Å². The van der Waals surface area contributed by atoms with Gasteiger partial charge >= 0.3 is 0 Å². The van der Waals surface area contributed by atoms with Crippen molar-refractivity contribution in [2.24, 2.45) is 0 Å². The maximum absolute atomic E-state index is 11.7. The van der Waals surface area contributed by atoms with Crippen molar-refractivity contribution in [2.75, 3.05) is 23.5 Å². The summed E-state index contributed by atoms with van der Waals surface area (Å²) in [4.78, 5) is 0.645. The van der Waals surface area contributed by atoms with Gasteiger partial charge in [-0.3, -0.25) is 4.21 Å². The van der Waals surface area contributed by atoms with E-state index in [2.05, 4.69) is 0 Å². The van der Waals surface area contributed by atoms with Crippen LogP contribution in [0.5, 0.6) is 0 Å². The fraction of sp³-hybridized carbons (Fsp3) is 0.333. The van der Waals surface area contributed by atoms with E-state index in [1.807, 2.05) is 6.26 Å². The zero-order chi connectivity index (χ0) is 10.6. The SMILES string of the molecule is CSCCS(=O)c1cc(Cl)ccc1N. The maximum Gasteiger partial charge on any atom is 0.0632 e. The van der Waals surface area contributed by atoms with Gasteiger partial charge in [0.15, 0.2) is 0 Å². The van der Waals surface area contributed by atoms with E-state index in [1.165, 1.54) is 0 Å². The molecule has 5 heteroatoms. The van der Waals surface area contributed by atoms with Crippen LogP contribution in [0.25, 0.3) is 0 Å². The first kappa shape index (κ1) is 11.9. The van der Waals surface area contributed by atoms with Gasteiger partial charge in [0, 0.05) is 22.2 Å². The number of nitrogen functional groups attached to an aromatic ring is 1. The minimum Gasteiger partial charge on any atom is -0.398 e. The van der Waals surface area contributed by atoms with E-state index in [9.17, 15) is 4.21 Å². The molecule has 2 nitrogen and oxygen atoms in total. The number of anilines is 1. The molecule has 0 radical (unpaired) electrons. The van der Waals surface area contributed by atoms with Crippen LogP contribution in [0.1, 0.15) is 0 Å². The van der Waals surface area contributed by atoms with Crippen LogP contribution in [0, 0.1) is 0 Å². The molecule has 0 fully saturated rings. The number of thioether (sulfide) groups is 1. The van der Waals surface area contributed by atoms with Crippen molar-refractivity contribution in [1.82, 2.24) is 0 Å². The molecule has 0 heterocycles. The zero-order valence-electron chi connectivity index (χ0n) is 7.83. The van der Waals surface area contributed by atoms with Gasteiger partial charge in [-0.2, -0.15) is 11.8 Å². The third-order valence-electron chi connectivity index (χ3n) is 1.69. The van der Waals surface area contributed by atoms with Gasteiger partial charge in [-0.15, -0.1) is 0 Å². The fourth-order valence-corrected chi connectivity index (χ4v) is 3.29. The fourth-order valence-electron chi connectivity index (χ4n) is 0.974. The van der Waals surface area contributed by atoms with Gasteiger partial charge in [-0.1, -0.05) is 11.6 Å². The lowest BCUT2D eigenvalue weighted by Crippen LogP contribution is -2.03. The van der Waals surface area contributed by atoms with Crippen LogP contribution in [-0.2, 0) is 10.8 Å². The summed E-state index contributed by atoms with van der Waals surface area (Å²) in [6.07, 6.45) is 1.98. The summed E-state index contributed by atoms with van der Waals surface area (Å²) in [6.45, 7) is 0. The molecule has 0 aliphatic rings. The lowest BCUT2D eigenvalue weighted by atomic mass is 10.3. The van der Waals surface area contributed by atoms with Gasteiger partial charge in [0.25, 0.3) is 0 Å². The van der Waals surface area contributed by atoms with E-state index < -0.39 is 10.8 Å². The topological polar surface area (TPSA) is 43.1 Å². The summed E-state index contributed by atoms with van der Waals surface area (Å²) in [5, 5.41) is 0.576. The van der Waals surface area contributed by atoms with Crippen molar-refractivity contribution in [1.29, 1.82) is 0 Å². The molecule has 1 atom stereocenters. The molecule has 0 saturated carbocycles. The minimum atomic E-state index is -1.04. The quantitative estimate of drug-likeness (QED) is 0.834. The molecule has 1 rings (SSSR count). The average molecular weight is 250 g/mol. The standard InChI is InChI=1S/C9H12ClNOS2/c1-13-4-5-14(12)9-6-7(10)2-3-8(9)11/h2-3,6H,4-5,11H2,1H3. The molecule has 1 aromatic rings. The number of hydrogen-bond acceptors (Lipinski definition) is 3. The summed E-state index contributed by atoms with van der Waals surface area (Å²) in [7, 11) is -1.04. The highest BCUT2D eigenvalue weighted by Crippen LogP contribution is 2.21. The van der Waals surface area contributed by atoms with Gasteiger partial charge in [0.05, 0.1) is 15.7 Å². The number of hydrogen-bond donors (Lipinski definition) is 1. The van der Waals surface area contributed by atoms with Crippen LogP contribution in [0.2, 0.25) is 5.02 Å². The van der Waals surface area contributed by atoms with Crippen LogP contribution in [0.15, 0.2) is 23.1 Å². The summed E-state index contributed by atoms with van der Waals surface area (Å²) < 4.78 is 11.7. The monoisotopic (exact) mass is 249 g/mol. The normalized spacial score (nSPS) is 12.7. The number of rotatable bonds is 4. The van der Waals surface area contributed by atoms with Gasteiger partial charge in [0.1, 0.15) is 0 Å². The molecule has 0 spiro atoms. The molecule has 0 aromatic heterocycles. The Hall–Kier alpha value is -0.190. The first-order valence-corrected chi connectivity index (χ1v) is 7.16. The van der Waals surface area contributed by atoms with Crippen LogP contribution in [0.3, 0.4) is 0 Å². The molecule has 0 bridgehead atoms. The lowest BCUT2D eigenvalue weighted by molar-refractivity contribution is 0.684. The zero-order valence-corrected chi connectivity index (χ0v) is 10.2. The molecule has 0 aliphatic carbocycles. The third kappa shape index (κ3) is 3.19. The second-order valence-electron chi connectivity index (χ2n) is 2.72. The first-order chi connectivity index (χ1) is 6.65. The average Bonchev–Trinajstić information content (AvgIpc) is 2.18. The smallest absolute Gasteiger partial charge is 0.0632 e. The molecular formula is C9H12ClNOS2. The predicted molar refractivity (Wildman–Crippen MR) is 65.5 cm³/mol. The number of halogens is 1. The highest BCUT2D eigenvalue weighted by atomic mass is 35.5. The van der Waals surface area contributed by atoms with Gasteiger partial charge < -0.3 is 5.73 Å². The molecule has 0 saturated heterocycles. The Morgan fingerprint density at radius 1 is 1.57 bits per heavy atom. The van der Waals surface area contributed by atoms with E-state index in [0.29, 0.717) is 21.4 Å². The number of benzene rings is 1. The second kappa shape index (κ2) is 5.63. The molecule has 1 aromatic carbocycles. The molecule has 14 heavy (non-hydrogen) atoms. The largest absolute Gasteiger partial charge is 0.398 e. The molecule has 1 unspecified atom stereocenters. The second-order valence-corrected chi connectivity index (χ2v) is 5.69. The molecule has 78 valence electrons. The molecule has 0 amide bonds. The molecule has 0 aliphatic heterocycles. The maximum atomic E-state index is 11.7. The Labute approximate surface area is 95.7 Å². The third-order valence-corrected chi connectivity index (χ3v) is 4.22. The Bertz CT molecular complexity index is 344. The van der Waals surface area contributed by atoms with Crippen molar-refractivity contribution < 1.29 is 4.21 Å². The lowest BCUT2D eigenvalue weighted by Gasteiger charge is -2.05. The van der Waals surface area contributed by atoms with Gasteiger partial charge in [-0.05, 0) is 24.5 Å². The molecular weight excluding hydrogens is 238 g/mol. The van der Waals surface area contributed by atoms with E-state index in [0.717, 1.165) is 5.75 Å². The minimum absolute atomic E-state index is 0.550. The van der Waals surface area contributed by atoms with Crippen LogP contribution >= 0.6 is 23.4 Å².